The quantitative estimate of drug-likeness (QED) is 0.577. The van der Waals surface area contributed by atoms with Crippen LogP contribution in [0.1, 0.15) is 26.2 Å². The molecule has 0 bridgehead atoms. The van der Waals surface area contributed by atoms with Crippen molar-refractivity contribution in [2.45, 2.75) is 32.3 Å². The first-order valence-electron chi connectivity index (χ1n) is 4.10. The maximum atomic E-state index is 10.9. The second-order valence-corrected chi connectivity index (χ2v) is 2.64. The fraction of sp³-hybridized carbons (Fsp3) is 0.875. The van der Waals surface area contributed by atoms with Crippen molar-refractivity contribution in [3.63, 3.8) is 0 Å². The minimum atomic E-state index is -0.139. The van der Waals surface area contributed by atoms with E-state index in [9.17, 15) is 4.79 Å². The number of hydrogen-bond donors (Lipinski definition) is 0. The summed E-state index contributed by atoms with van der Waals surface area (Å²) in [6, 6.07) is 0. The third-order valence-corrected chi connectivity index (χ3v) is 1.72. The number of ether oxygens (including phenoxy) is 2. The Balaban J connectivity index is 2.13. The lowest BCUT2D eigenvalue weighted by atomic mass is 10.2. The molecule has 0 radical (unpaired) electrons. The van der Waals surface area contributed by atoms with Crippen molar-refractivity contribution in [1.82, 2.24) is 0 Å². The fourth-order valence-electron chi connectivity index (χ4n) is 1.21. The zero-order valence-corrected chi connectivity index (χ0v) is 6.84. The zero-order valence-electron chi connectivity index (χ0n) is 6.84. The SMILES string of the molecule is CCOC(=O)CC1CCCO1. The molecule has 0 spiro atoms. The van der Waals surface area contributed by atoms with Gasteiger partial charge in [0.15, 0.2) is 0 Å². The van der Waals surface area contributed by atoms with Crippen LogP contribution in [0.5, 0.6) is 0 Å². The van der Waals surface area contributed by atoms with E-state index in [-0.39, 0.29) is 12.1 Å². The average Bonchev–Trinajstić information content (AvgIpc) is 2.40. The van der Waals surface area contributed by atoms with Gasteiger partial charge in [-0.05, 0) is 19.8 Å². The Hall–Kier alpha value is -0.570. The number of carbonyl (C=O) groups is 1. The molecule has 64 valence electrons. The second kappa shape index (κ2) is 4.34. The molecule has 1 rings (SSSR count). The number of hydrogen-bond acceptors (Lipinski definition) is 3. The molecule has 0 aromatic carbocycles. The number of carbonyl (C=O) groups excluding carboxylic acids is 1. The third kappa shape index (κ3) is 2.89. The largest absolute Gasteiger partial charge is 0.466 e. The van der Waals surface area contributed by atoms with Crippen LogP contribution in [0.2, 0.25) is 0 Å². The highest BCUT2D eigenvalue weighted by molar-refractivity contribution is 5.69. The van der Waals surface area contributed by atoms with Gasteiger partial charge in [0.1, 0.15) is 0 Å². The van der Waals surface area contributed by atoms with E-state index in [1.54, 1.807) is 0 Å². The molecule has 1 aliphatic heterocycles. The molecule has 1 atom stereocenters. The van der Waals surface area contributed by atoms with E-state index >= 15 is 0 Å². The highest BCUT2D eigenvalue weighted by Gasteiger charge is 2.19. The van der Waals surface area contributed by atoms with Gasteiger partial charge in [-0.3, -0.25) is 4.79 Å². The molecular formula is C8H14O3. The summed E-state index contributed by atoms with van der Waals surface area (Å²) in [4.78, 5) is 10.9. The average molecular weight is 158 g/mol. The number of esters is 1. The van der Waals surface area contributed by atoms with Gasteiger partial charge in [0.05, 0.1) is 19.1 Å². The van der Waals surface area contributed by atoms with Crippen molar-refractivity contribution in [3.05, 3.63) is 0 Å². The third-order valence-electron chi connectivity index (χ3n) is 1.72. The van der Waals surface area contributed by atoms with Crippen molar-refractivity contribution in [3.8, 4) is 0 Å². The van der Waals surface area contributed by atoms with Gasteiger partial charge in [0.25, 0.3) is 0 Å². The molecule has 0 saturated carbocycles. The van der Waals surface area contributed by atoms with Crippen LogP contribution in [0, 0.1) is 0 Å². The first-order valence-corrected chi connectivity index (χ1v) is 4.10. The summed E-state index contributed by atoms with van der Waals surface area (Å²) < 4.78 is 10.1. The van der Waals surface area contributed by atoms with E-state index in [4.69, 9.17) is 9.47 Å². The van der Waals surface area contributed by atoms with Crippen LogP contribution in [0.25, 0.3) is 0 Å². The topological polar surface area (TPSA) is 35.5 Å². The molecule has 0 N–H and O–H groups in total. The zero-order chi connectivity index (χ0) is 8.10. The van der Waals surface area contributed by atoms with Gasteiger partial charge >= 0.3 is 5.97 Å². The highest BCUT2D eigenvalue weighted by Crippen LogP contribution is 2.15. The smallest absolute Gasteiger partial charge is 0.308 e. The Labute approximate surface area is 66.7 Å². The van der Waals surface area contributed by atoms with Crippen LogP contribution >= 0.6 is 0 Å². The summed E-state index contributed by atoms with van der Waals surface area (Å²) >= 11 is 0. The van der Waals surface area contributed by atoms with Gasteiger partial charge in [-0.1, -0.05) is 0 Å². The Morgan fingerprint density at radius 3 is 3.09 bits per heavy atom. The van der Waals surface area contributed by atoms with Gasteiger partial charge in [-0.2, -0.15) is 0 Å². The highest BCUT2D eigenvalue weighted by atomic mass is 16.5. The molecular weight excluding hydrogens is 144 g/mol. The molecule has 1 unspecified atom stereocenters. The molecule has 1 heterocycles. The van der Waals surface area contributed by atoms with Gasteiger partial charge in [0.2, 0.25) is 0 Å². The summed E-state index contributed by atoms with van der Waals surface area (Å²) in [5.74, 6) is -0.139. The van der Waals surface area contributed by atoms with Crippen LogP contribution in [0.4, 0.5) is 0 Å². The Kier molecular flexibility index (Phi) is 3.36. The van der Waals surface area contributed by atoms with Gasteiger partial charge in [-0.25, -0.2) is 0 Å². The lowest BCUT2D eigenvalue weighted by Crippen LogP contribution is -2.14. The normalized spacial score (nSPS) is 23.5. The van der Waals surface area contributed by atoms with Crippen LogP contribution in [0.15, 0.2) is 0 Å². The molecule has 0 aromatic rings. The molecule has 1 fully saturated rings. The Morgan fingerprint density at radius 1 is 1.73 bits per heavy atom. The van der Waals surface area contributed by atoms with Crippen LogP contribution in [0.3, 0.4) is 0 Å². The van der Waals surface area contributed by atoms with Crippen molar-refractivity contribution in [2.75, 3.05) is 13.2 Å². The Bertz CT molecular complexity index is 127. The van der Waals surface area contributed by atoms with Gasteiger partial charge < -0.3 is 9.47 Å². The van der Waals surface area contributed by atoms with E-state index < -0.39 is 0 Å². The first kappa shape index (κ1) is 8.53. The molecule has 3 heteroatoms. The minimum Gasteiger partial charge on any atom is -0.466 e. The van der Waals surface area contributed by atoms with E-state index in [2.05, 4.69) is 0 Å². The van der Waals surface area contributed by atoms with Crippen molar-refractivity contribution in [2.24, 2.45) is 0 Å². The molecule has 3 nitrogen and oxygen atoms in total. The standard InChI is InChI=1S/C8H14O3/c1-2-10-8(9)6-7-4-3-5-11-7/h7H,2-6H2,1H3. The van der Waals surface area contributed by atoms with Crippen LogP contribution < -0.4 is 0 Å². The fourth-order valence-corrected chi connectivity index (χ4v) is 1.21. The van der Waals surface area contributed by atoms with Crippen molar-refractivity contribution in [1.29, 1.82) is 0 Å². The molecule has 0 amide bonds. The second-order valence-electron chi connectivity index (χ2n) is 2.64. The first-order chi connectivity index (χ1) is 5.33. The lowest BCUT2D eigenvalue weighted by Gasteiger charge is -2.07. The molecule has 0 aromatic heterocycles. The summed E-state index contributed by atoms with van der Waals surface area (Å²) in [7, 11) is 0. The van der Waals surface area contributed by atoms with Gasteiger partial charge in [-0.15, -0.1) is 0 Å². The minimum absolute atomic E-state index is 0.119. The van der Waals surface area contributed by atoms with Crippen molar-refractivity contribution >= 4 is 5.97 Å². The van der Waals surface area contributed by atoms with Crippen LogP contribution in [-0.4, -0.2) is 25.3 Å². The van der Waals surface area contributed by atoms with E-state index in [0.717, 1.165) is 19.4 Å². The maximum absolute atomic E-state index is 10.9. The summed E-state index contributed by atoms with van der Waals surface area (Å²) in [5.41, 5.74) is 0. The van der Waals surface area contributed by atoms with E-state index in [1.807, 2.05) is 6.92 Å². The van der Waals surface area contributed by atoms with Gasteiger partial charge in [0, 0.05) is 6.61 Å². The molecule has 11 heavy (non-hydrogen) atoms. The monoisotopic (exact) mass is 158 g/mol. The van der Waals surface area contributed by atoms with Crippen LogP contribution in [-0.2, 0) is 14.3 Å². The molecule has 1 aliphatic rings. The lowest BCUT2D eigenvalue weighted by molar-refractivity contribution is -0.145. The number of rotatable bonds is 3. The van der Waals surface area contributed by atoms with E-state index in [0.29, 0.717) is 13.0 Å². The predicted octanol–water partition coefficient (Wildman–Crippen LogP) is 1.12. The van der Waals surface area contributed by atoms with Crippen molar-refractivity contribution < 1.29 is 14.3 Å². The predicted molar refractivity (Wildman–Crippen MR) is 40.2 cm³/mol. The molecule has 1 saturated heterocycles. The summed E-state index contributed by atoms with van der Waals surface area (Å²) in [5, 5.41) is 0. The maximum Gasteiger partial charge on any atom is 0.308 e. The van der Waals surface area contributed by atoms with E-state index in [1.165, 1.54) is 0 Å². The Morgan fingerprint density at radius 2 is 2.55 bits per heavy atom. The molecule has 0 aliphatic carbocycles. The summed E-state index contributed by atoms with van der Waals surface area (Å²) in [6.45, 7) is 3.07. The summed E-state index contributed by atoms with van der Waals surface area (Å²) in [6.07, 6.45) is 2.62.